The predicted molar refractivity (Wildman–Crippen MR) is 52.1 cm³/mol. The molecule has 0 saturated carbocycles. The summed E-state index contributed by atoms with van der Waals surface area (Å²) in [6, 6.07) is 11.5. The molecule has 62 valence electrons. The smallest absolute Gasteiger partial charge is 0.133 e. The SMILES string of the molecule is C#Cc1cccc(-c2ccco2)c1. The third-order valence-corrected chi connectivity index (χ3v) is 1.83. The van der Waals surface area contributed by atoms with E-state index in [2.05, 4.69) is 5.92 Å². The third kappa shape index (κ3) is 1.47. The van der Waals surface area contributed by atoms with Gasteiger partial charge in [-0.25, -0.2) is 0 Å². The van der Waals surface area contributed by atoms with Gasteiger partial charge < -0.3 is 4.42 Å². The van der Waals surface area contributed by atoms with Crippen molar-refractivity contribution in [2.75, 3.05) is 0 Å². The Hall–Kier alpha value is -1.94. The lowest BCUT2D eigenvalue weighted by molar-refractivity contribution is 0.582. The van der Waals surface area contributed by atoms with E-state index in [4.69, 9.17) is 10.8 Å². The van der Waals surface area contributed by atoms with Crippen molar-refractivity contribution in [3.05, 3.63) is 48.2 Å². The van der Waals surface area contributed by atoms with Crippen LogP contribution in [0.1, 0.15) is 5.56 Å². The first-order valence-corrected chi connectivity index (χ1v) is 4.01. The highest BCUT2D eigenvalue weighted by Gasteiger charge is 1.99. The van der Waals surface area contributed by atoms with Crippen molar-refractivity contribution in [1.29, 1.82) is 0 Å². The van der Waals surface area contributed by atoms with Gasteiger partial charge in [-0.2, -0.15) is 0 Å². The summed E-state index contributed by atoms with van der Waals surface area (Å²) in [4.78, 5) is 0. The topological polar surface area (TPSA) is 13.1 Å². The van der Waals surface area contributed by atoms with Crippen LogP contribution >= 0.6 is 0 Å². The molecule has 1 aromatic heterocycles. The molecule has 0 radical (unpaired) electrons. The average Bonchev–Trinajstić information content (AvgIpc) is 2.71. The third-order valence-electron chi connectivity index (χ3n) is 1.83. The minimum Gasteiger partial charge on any atom is -0.464 e. The van der Waals surface area contributed by atoms with Gasteiger partial charge in [0.05, 0.1) is 6.26 Å². The molecule has 0 N–H and O–H groups in total. The Morgan fingerprint density at radius 3 is 2.77 bits per heavy atom. The van der Waals surface area contributed by atoms with Gasteiger partial charge in [-0.3, -0.25) is 0 Å². The van der Waals surface area contributed by atoms with Crippen LogP contribution in [0.25, 0.3) is 11.3 Å². The molecule has 0 saturated heterocycles. The Balaban J connectivity index is 2.49. The highest BCUT2D eigenvalue weighted by molar-refractivity contribution is 5.59. The van der Waals surface area contributed by atoms with Crippen molar-refractivity contribution < 1.29 is 4.42 Å². The fourth-order valence-electron chi connectivity index (χ4n) is 1.21. The lowest BCUT2D eigenvalue weighted by Gasteiger charge is -1.96. The van der Waals surface area contributed by atoms with Crippen molar-refractivity contribution in [2.24, 2.45) is 0 Å². The van der Waals surface area contributed by atoms with Crippen LogP contribution in [0.3, 0.4) is 0 Å². The van der Waals surface area contributed by atoms with E-state index in [0.717, 1.165) is 16.9 Å². The van der Waals surface area contributed by atoms with E-state index in [1.807, 2.05) is 36.4 Å². The van der Waals surface area contributed by atoms with Crippen LogP contribution in [-0.4, -0.2) is 0 Å². The zero-order valence-electron chi connectivity index (χ0n) is 7.03. The molecule has 0 atom stereocenters. The molecular weight excluding hydrogens is 160 g/mol. The first-order valence-electron chi connectivity index (χ1n) is 4.01. The summed E-state index contributed by atoms with van der Waals surface area (Å²) < 4.78 is 5.25. The lowest BCUT2D eigenvalue weighted by atomic mass is 10.1. The summed E-state index contributed by atoms with van der Waals surface area (Å²) in [5.41, 5.74) is 1.88. The fraction of sp³-hybridized carbons (Fsp3) is 0. The Morgan fingerprint density at radius 2 is 2.08 bits per heavy atom. The molecule has 0 unspecified atom stereocenters. The first kappa shape index (κ1) is 7.70. The van der Waals surface area contributed by atoms with Crippen LogP contribution in [0.15, 0.2) is 47.1 Å². The maximum absolute atomic E-state index is 5.29. The molecule has 0 fully saturated rings. The standard InChI is InChI=1S/C12H8O/c1-2-10-5-3-6-11(9-10)12-7-4-8-13-12/h1,3-9H. The van der Waals surface area contributed by atoms with E-state index in [0.29, 0.717) is 0 Å². The average molecular weight is 168 g/mol. The molecule has 1 aromatic carbocycles. The Labute approximate surface area is 77.0 Å². The number of benzene rings is 1. The molecule has 2 rings (SSSR count). The molecule has 13 heavy (non-hydrogen) atoms. The molecule has 1 heteroatoms. The van der Waals surface area contributed by atoms with Gasteiger partial charge in [-0.05, 0) is 24.3 Å². The van der Waals surface area contributed by atoms with Gasteiger partial charge in [-0.15, -0.1) is 6.42 Å². The fourth-order valence-corrected chi connectivity index (χ4v) is 1.21. The highest BCUT2D eigenvalue weighted by Crippen LogP contribution is 2.20. The number of furan rings is 1. The summed E-state index contributed by atoms with van der Waals surface area (Å²) >= 11 is 0. The van der Waals surface area contributed by atoms with Crippen LogP contribution in [0.5, 0.6) is 0 Å². The molecule has 1 nitrogen and oxygen atoms in total. The van der Waals surface area contributed by atoms with Crippen molar-refractivity contribution in [3.8, 4) is 23.7 Å². The summed E-state index contributed by atoms with van der Waals surface area (Å²) in [5, 5.41) is 0. The second-order valence-electron chi connectivity index (χ2n) is 2.70. The van der Waals surface area contributed by atoms with Gasteiger partial charge in [0.1, 0.15) is 5.76 Å². The van der Waals surface area contributed by atoms with Crippen LogP contribution < -0.4 is 0 Å². The van der Waals surface area contributed by atoms with Gasteiger partial charge in [-0.1, -0.05) is 18.1 Å². The first-order chi connectivity index (χ1) is 6.40. The molecule has 0 aliphatic carbocycles. The summed E-state index contributed by atoms with van der Waals surface area (Å²) in [6.07, 6.45) is 6.94. The second kappa shape index (κ2) is 3.20. The van der Waals surface area contributed by atoms with Crippen molar-refractivity contribution in [2.45, 2.75) is 0 Å². The van der Waals surface area contributed by atoms with Crippen LogP contribution in [-0.2, 0) is 0 Å². The van der Waals surface area contributed by atoms with Gasteiger partial charge in [0.25, 0.3) is 0 Å². The van der Waals surface area contributed by atoms with E-state index < -0.39 is 0 Å². The molecule has 1 heterocycles. The molecular formula is C12H8O. The van der Waals surface area contributed by atoms with Crippen LogP contribution in [0.4, 0.5) is 0 Å². The maximum atomic E-state index is 5.29. The Morgan fingerprint density at radius 1 is 1.15 bits per heavy atom. The maximum Gasteiger partial charge on any atom is 0.133 e. The molecule has 0 aliphatic rings. The molecule has 0 bridgehead atoms. The summed E-state index contributed by atoms with van der Waals surface area (Å²) in [6.45, 7) is 0. The number of hydrogen-bond donors (Lipinski definition) is 0. The van der Waals surface area contributed by atoms with Crippen LogP contribution in [0, 0.1) is 12.3 Å². The van der Waals surface area contributed by atoms with E-state index in [1.54, 1.807) is 6.26 Å². The largest absolute Gasteiger partial charge is 0.464 e. The number of terminal acetylenes is 1. The summed E-state index contributed by atoms with van der Waals surface area (Å²) in [7, 11) is 0. The zero-order valence-corrected chi connectivity index (χ0v) is 7.03. The van der Waals surface area contributed by atoms with E-state index in [-0.39, 0.29) is 0 Å². The molecule has 0 amide bonds. The van der Waals surface area contributed by atoms with E-state index in [1.165, 1.54) is 0 Å². The molecule has 0 spiro atoms. The minimum absolute atomic E-state index is 0.845. The highest BCUT2D eigenvalue weighted by atomic mass is 16.3. The molecule has 2 aromatic rings. The van der Waals surface area contributed by atoms with Crippen LogP contribution in [0.2, 0.25) is 0 Å². The van der Waals surface area contributed by atoms with E-state index >= 15 is 0 Å². The van der Waals surface area contributed by atoms with Gasteiger partial charge in [0.15, 0.2) is 0 Å². The summed E-state index contributed by atoms with van der Waals surface area (Å²) in [5.74, 6) is 3.43. The zero-order chi connectivity index (χ0) is 9.10. The molecule has 0 aliphatic heterocycles. The Bertz CT molecular complexity index is 432. The van der Waals surface area contributed by atoms with Crippen molar-refractivity contribution in [3.63, 3.8) is 0 Å². The predicted octanol–water partition coefficient (Wildman–Crippen LogP) is 2.93. The monoisotopic (exact) mass is 168 g/mol. The van der Waals surface area contributed by atoms with Gasteiger partial charge >= 0.3 is 0 Å². The van der Waals surface area contributed by atoms with E-state index in [9.17, 15) is 0 Å². The number of rotatable bonds is 1. The van der Waals surface area contributed by atoms with Crippen molar-refractivity contribution >= 4 is 0 Å². The van der Waals surface area contributed by atoms with Gasteiger partial charge in [0, 0.05) is 11.1 Å². The normalized spacial score (nSPS) is 9.46. The second-order valence-corrected chi connectivity index (χ2v) is 2.70. The number of hydrogen-bond acceptors (Lipinski definition) is 1. The quantitative estimate of drug-likeness (QED) is 0.597. The lowest BCUT2D eigenvalue weighted by Crippen LogP contribution is -1.76. The van der Waals surface area contributed by atoms with Gasteiger partial charge in [0.2, 0.25) is 0 Å². The Kier molecular flexibility index (Phi) is 1.90. The minimum atomic E-state index is 0.845. The van der Waals surface area contributed by atoms with Crippen molar-refractivity contribution in [1.82, 2.24) is 0 Å².